The molecule has 0 fully saturated rings. The van der Waals surface area contributed by atoms with Crippen molar-refractivity contribution in [3.05, 3.63) is 0 Å². The van der Waals surface area contributed by atoms with Crippen LogP contribution in [0.25, 0.3) is 0 Å². The lowest BCUT2D eigenvalue weighted by molar-refractivity contribution is 0.201. The van der Waals surface area contributed by atoms with E-state index in [1.807, 2.05) is 11.9 Å². The molecule has 0 N–H and O–H groups in total. The molecule has 0 heterocycles. The fourth-order valence-electron chi connectivity index (χ4n) is 0.608. The molecule has 0 aromatic rings. The summed E-state index contributed by atoms with van der Waals surface area (Å²) in [6.45, 7) is 6.24. The van der Waals surface area contributed by atoms with E-state index < -0.39 is 6.17 Å². The van der Waals surface area contributed by atoms with E-state index in [2.05, 4.69) is 13.8 Å². The maximum atomic E-state index is 12.3. The first kappa shape index (κ1) is 8.89. The van der Waals surface area contributed by atoms with E-state index in [-0.39, 0.29) is 0 Å². The molecule has 0 bridgehead atoms. The lowest BCUT2D eigenvalue weighted by Crippen LogP contribution is -2.31. The number of hydrogen-bond donors (Lipinski definition) is 0. The van der Waals surface area contributed by atoms with E-state index in [9.17, 15) is 4.39 Å². The highest BCUT2D eigenvalue weighted by molar-refractivity contribution is 4.59. The van der Waals surface area contributed by atoms with Crippen LogP contribution in [-0.2, 0) is 0 Å². The zero-order chi connectivity index (χ0) is 7.44. The van der Waals surface area contributed by atoms with Gasteiger partial charge in [-0.2, -0.15) is 0 Å². The molecule has 56 valence electrons. The molecule has 0 aromatic carbocycles. The topological polar surface area (TPSA) is 3.24 Å². The lowest BCUT2D eigenvalue weighted by atomic mass is 10.3. The fraction of sp³-hybridized carbons (Fsp3) is 1.00. The van der Waals surface area contributed by atoms with Gasteiger partial charge in [-0.15, -0.1) is 0 Å². The van der Waals surface area contributed by atoms with Crippen LogP contribution in [-0.4, -0.2) is 30.7 Å². The molecular formula is C7H16FN. The van der Waals surface area contributed by atoms with Gasteiger partial charge in [-0.25, -0.2) is 4.39 Å². The van der Waals surface area contributed by atoms with Crippen molar-refractivity contribution in [3.8, 4) is 0 Å². The molecule has 0 aliphatic heterocycles. The first-order valence-corrected chi connectivity index (χ1v) is 3.38. The van der Waals surface area contributed by atoms with E-state index >= 15 is 0 Å². The monoisotopic (exact) mass is 133 g/mol. The minimum atomic E-state index is -0.711. The van der Waals surface area contributed by atoms with Gasteiger partial charge in [-0.3, -0.25) is 0 Å². The van der Waals surface area contributed by atoms with Crippen LogP contribution in [0.1, 0.15) is 20.8 Å². The summed E-state index contributed by atoms with van der Waals surface area (Å²) in [4.78, 5) is 1.99. The molecule has 1 unspecified atom stereocenters. The first-order valence-electron chi connectivity index (χ1n) is 3.38. The normalized spacial score (nSPS) is 15.0. The molecule has 1 nitrogen and oxygen atoms in total. The van der Waals surface area contributed by atoms with Gasteiger partial charge in [0.1, 0.15) is 6.17 Å². The maximum Gasteiger partial charge on any atom is 0.110 e. The second-order valence-corrected chi connectivity index (χ2v) is 2.81. The molecule has 0 radical (unpaired) electrons. The molecule has 0 saturated heterocycles. The average Bonchev–Trinajstić information content (AvgIpc) is 1.63. The van der Waals surface area contributed by atoms with Crippen molar-refractivity contribution in [3.63, 3.8) is 0 Å². The van der Waals surface area contributed by atoms with Crippen molar-refractivity contribution in [1.29, 1.82) is 0 Å². The van der Waals surface area contributed by atoms with Gasteiger partial charge >= 0.3 is 0 Å². The van der Waals surface area contributed by atoms with Crippen LogP contribution >= 0.6 is 0 Å². The Morgan fingerprint density at radius 1 is 1.33 bits per heavy atom. The van der Waals surface area contributed by atoms with Crippen LogP contribution in [0.4, 0.5) is 4.39 Å². The van der Waals surface area contributed by atoms with Crippen LogP contribution in [0.3, 0.4) is 0 Å². The Bertz CT molecular complexity index is 71.3. The number of halogens is 1. The van der Waals surface area contributed by atoms with E-state index in [0.717, 1.165) is 0 Å². The average molecular weight is 133 g/mol. The van der Waals surface area contributed by atoms with Gasteiger partial charge < -0.3 is 4.90 Å². The largest absolute Gasteiger partial charge is 0.301 e. The van der Waals surface area contributed by atoms with Gasteiger partial charge in [0.25, 0.3) is 0 Å². The highest BCUT2D eigenvalue weighted by atomic mass is 19.1. The van der Waals surface area contributed by atoms with Gasteiger partial charge in [0.2, 0.25) is 0 Å². The standard InChI is InChI=1S/C7H16FN/c1-6(2)9(4)5-7(3)8/h6-7H,5H2,1-4H3. The van der Waals surface area contributed by atoms with Crippen molar-refractivity contribution >= 4 is 0 Å². The van der Waals surface area contributed by atoms with Crippen LogP contribution in [0.2, 0.25) is 0 Å². The quantitative estimate of drug-likeness (QED) is 0.566. The van der Waals surface area contributed by atoms with Gasteiger partial charge in [0.15, 0.2) is 0 Å². The number of nitrogens with zero attached hydrogens (tertiary/aromatic N) is 1. The van der Waals surface area contributed by atoms with Crippen LogP contribution in [0, 0.1) is 0 Å². The molecule has 2 heteroatoms. The van der Waals surface area contributed by atoms with E-state index in [0.29, 0.717) is 12.6 Å². The zero-order valence-corrected chi connectivity index (χ0v) is 6.69. The molecule has 0 aliphatic rings. The van der Waals surface area contributed by atoms with Crippen molar-refractivity contribution < 1.29 is 4.39 Å². The number of alkyl halides is 1. The Morgan fingerprint density at radius 2 is 1.78 bits per heavy atom. The molecule has 1 atom stereocenters. The van der Waals surface area contributed by atoms with Crippen molar-refractivity contribution in [2.45, 2.75) is 33.0 Å². The highest BCUT2D eigenvalue weighted by Crippen LogP contribution is 1.97. The Hall–Kier alpha value is -0.110. The van der Waals surface area contributed by atoms with E-state index in [4.69, 9.17) is 0 Å². The SMILES string of the molecule is CC(F)CN(C)C(C)C. The minimum Gasteiger partial charge on any atom is -0.301 e. The molecule has 0 spiro atoms. The molecule has 0 amide bonds. The fourth-order valence-corrected chi connectivity index (χ4v) is 0.608. The zero-order valence-electron chi connectivity index (χ0n) is 6.69. The second kappa shape index (κ2) is 3.83. The summed E-state index contributed by atoms with van der Waals surface area (Å²) < 4.78 is 12.3. The molecule has 0 saturated carbocycles. The third-order valence-corrected chi connectivity index (χ3v) is 1.42. The number of hydrogen-bond acceptors (Lipinski definition) is 1. The Morgan fingerprint density at radius 3 is 1.89 bits per heavy atom. The summed E-state index contributed by atoms with van der Waals surface area (Å²) in [6.07, 6.45) is -0.711. The predicted molar refractivity (Wildman–Crippen MR) is 38.3 cm³/mol. The minimum absolute atomic E-state index is 0.447. The summed E-state index contributed by atoms with van der Waals surface area (Å²) >= 11 is 0. The van der Waals surface area contributed by atoms with Gasteiger partial charge in [-0.1, -0.05) is 0 Å². The van der Waals surface area contributed by atoms with Gasteiger partial charge in [-0.05, 0) is 27.8 Å². The van der Waals surface area contributed by atoms with E-state index in [1.54, 1.807) is 6.92 Å². The predicted octanol–water partition coefficient (Wildman–Crippen LogP) is 1.68. The molecular weight excluding hydrogens is 117 g/mol. The second-order valence-electron chi connectivity index (χ2n) is 2.81. The molecule has 0 aromatic heterocycles. The van der Waals surface area contributed by atoms with Gasteiger partial charge in [0.05, 0.1) is 0 Å². The van der Waals surface area contributed by atoms with Crippen molar-refractivity contribution in [2.24, 2.45) is 0 Å². The summed E-state index contributed by atoms with van der Waals surface area (Å²) in [7, 11) is 1.93. The number of rotatable bonds is 3. The third kappa shape index (κ3) is 4.40. The smallest absolute Gasteiger partial charge is 0.110 e. The summed E-state index contributed by atoms with van der Waals surface area (Å²) in [5, 5.41) is 0. The molecule has 0 rings (SSSR count). The highest BCUT2D eigenvalue weighted by Gasteiger charge is 2.06. The summed E-state index contributed by atoms with van der Waals surface area (Å²) in [5.41, 5.74) is 0. The maximum absolute atomic E-state index is 12.3. The Kier molecular flexibility index (Phi) is 3.78. The molecule has 0 aliphatic carbocycles. The first-order chi connectivity index (χ1) is 4.04. The summed E-state index contributed by atoms with van der Waals surface area (Å²) in [6, 6.07) is 0.447. The lowest BCUT2D eigenvalue weighted by Gasteiger charge is -2.21. The summed E-state index contributed by atoms with van der Waals surface area (Å²) in [5.74, 6) is 0. The van der Waals surface area contributed by atoms with Crippen LogP contribution in [0.5, 0.6) is 0 Å². The van der Waals surface area contributed by atoms with Crippen LogP contribution < -0.4 is 0 Å². The van der Waals surface area contributed by atoms with Crippen molar-refractivity contribution in [1.82, 2.24) is 4.90 Å². The van der Waals surface area contributed by atoms with E-state index in [1.165, 1.54) is 0 Å². The van der Waals surface area contributed by atoms with Gasteiger partial charge in [0, 0.05) is 12.6 Å². The molecule has 9 heavy (non-hydrogen) atoms. The third-order valence-electron chi connectivity index (χ3n) is 1.42. The van der Waals surface area contributed by atoms with Crippen LogP contribution in [0.15, 0.2) is 0 Å². The van der Waals surface area contributed by atoms with Crippen molar-refractivity contribution in [2.75, 3.05) is 13.6 Å². The Balaban J connectivity index is 3.38. The Labute approximate surface area is 56.9 Å².